The minimum absolute atomic E-state index is 0. The SMILES string of the molecule is [Cl-].[Cl-].[N-]=[N+]=C1C(Cl)=CC=C2C(=O)c3ccccc3C(=O)C21.[Zn+2]. The van der Waals surface area contributed by atoms with Crippen molar-refractivity contribution < 1.29 is 58.7 Å². The van der Waals surface area contributed by atoms with E-state index in [0.29, 0.717) is 16.7 Å². The summed E-state index contributed by atoms with van der Waals surface area (Å²) in [4.78, 5) is 27.8. The van der Waals surface area contributed by atoms with Gasteiger partial charge in [-0.15, -0.1) is 0 Å². The van der Waals surface area contributed by atoms with E-state index in [0.717, 1.165) is 0 Å². The van der Waals surface area contributed by atoms with Gasteiger partial charge in [0.2, 0.25) is 0 Å². The Labute approximate surface area is 156 Å². The average Bonchev–Trinajstić information content (AvgIpc) is 2.44. The van der Waals surface area contributed by atoms with E-state index in [4.69, 9.17) is 17.1 Å². The zero-order valence-corrected chi connectivity index (χ0v) is 16.3. The van der Waals surface area contributed by atoms with E-state index in [1.54, 1.807) is 24.3 Å². The number of hydrogen-bond donors (Lipinski definition) is 0. The van der Waals surface area contributed by atoms with Crippen molar-refractivity contribution >= 4 is 28.9 Å². The van der Waals surface area contributed by atoms with Crippen LogP contribution in [0.3, 0.4) is 0 Å². The maximum absolute atomic E-state index is 12.4. The zero-order valence-electron chi connectivity index (χ0n) is 11.1. The fraction of sp³-hybridized carbons (Fsp3) is 0.0714. The molecular formula is C14H7Cl3N2O2Zn. The number of rotatable bonds is 0. The predicted molar refractivity (Wildman–Crippen MR) is 69.2 cm³/mol. The number of halogens is 3. The zero-order chi connectivity index (χ0) is 13.6. The molecule has 0 heterocycles. The van der Waals surface area contributed by atoms with Crippen LogP contribution in [0.2, 0.25) is 0 Å². The topological polar surface area (TPSA) is 70.5 Å². The number of allylic oxidation sites excluding steroid dienone is 4. The second-order valence-corrected chi connectivity index (χ2v) is 4.70. The van der Waals surface area contributed by atoms with E-state index >= 15 is 0 Å². The van der Waals surface area contributed by atoms with E-state index in [9.17, 15) is 9.59 Å². The van der Waals surface area contributed by atoms with Crippen molar-refractivity contribution in [3.8, 4) is 0 Å². The molecule has 0 saturated heterocycles. The first-order valence-corrected chi connectivity index (χ1v) is 6.00. The van der Waals surface area contributed by atoms with Crippen LogP contribution in [0, 0.1) is 5.92 Å². The molecular weight excluding hydrogens is 400 g/mol. The monoisotopic (exact) mass is 404 g/mol. The normalized spacial score (nSPS) is 18.2. The molecule has 0 aliphatic heterocycles. The predicted octanol–water partition coefficient (Wildman–Crippen LogP) is -3.58. The Morgan fingerprint density at radius 1 is 1.05 bits per heavy atom. The second kappa shape index (κ2) is 7.96. The van der Waals surface area contributed by atoms with Gasteiger partial charge in [-0.25, -0.2) is 0 Å². The van der Waals surface area contributed by atoms with Crippen molar-refractivity contribution in [1.82, 2.24) is 0 Å². The van der Waals surface area contributed by atoms with Gasteiger partial charge in [0.05, 0.1) is 0 Å². The van der Waals surface area contributed by atoms with Gasteiger partial charge in [0, 0.05) is 16.7 Å². The Morgan fingerprint density at radius 2 is 1.64 bits per heavy atom. The van der Waals surface area contributed by atoms with Crippen LogP contribution >= 0.6 is 11.6 Å². The van der Waals surface area contributed by atoms with Gasteiger partial charge in [0.1, 0.15) is 5.03 Å². The van der Waals surface area contributed by atoms with Crippen LogP contribution in [-0.4, -0.2) is 22.1 Å². The third-order valence-corrected chi connectivity index (χ3v) is 3.63. The van der Waals surface area contributed by atoms with E-state index in [1.807, 2.05) is 0 Å². The molecule has 1 aromatic carbocycles. The first-order chi connectivity index (χ1) is 9.15. The summed E-state index contributed by atoms with van der Waals surface area (Å²) in [7, 11) is 0. The molecule has 8 heteroatoms. The summed E-state index contributed by atoms with van der Waals surface area (Å²) in [6.07, 6.45) is 2.97. The fourth-order valence-electron chi connectivity index (χ4n) is 2.41. The molecule has 0 aromatic heterocycles. The summed E-state index contributed by atoms with van der Waals surface area (Å²) in [5.74, 6) is -1.42. The molecule has 1 aromatic rings. The number of carbonyl (C=O) groups excluding carboxylic acids is 2. The van der Waals surface area contributed by atoms with Crippen LogP contribution in [-0.2, 0) is 19.5 Å². The van der Waals surface area contributed by atoms with Gasteiger partial charge in [-0.1, -0.05) is 41.9 Å². The molecule has 0 N–H and O–H groups in total. The summed E-state index contributed by atoms with van der Waals surface area (Å²) in [6, 6.07) is 6.60. The van der Waals surface area contributed by atoms with Gasteiger partial charge in [0.15, 0.2) is 17.5 Å². The van der Waals surface area contributed by atoms with Crippen molar-refractivity contribution in [1.29, 1.82) is 0 Å². The molecule has 0 amide bonds. The second-order valence-electron chi connectivity index (χ2n) is 4.29. The van der Waals surface area contributed by atoms with Crippen LogP contribution in [0.25, 0.3) is 5.53 Å². The smallest absolute Gasteiger partial charge is 1.00 e. The summed E-state index contributed by atoms with van der Waals surface area (Å²) in [5.41, 5.74) is 10.0. The summed E-state index contributed by atoms with van der Waals surface area (Å²) in [6.45, 7) is 0. The fourth-order valence-corrected chi connectivity index (χ4v) is 2.62. The van der Waals surface area contributed by atoms with Crippen molar-refractivity contribution in [3.63, 3.8) is 0 Å². The molecule has 0 bridgehead atoms. The Hall–Kier alpha value is -1.09. The molecule has 3 rings (SSSR count). The molecule has 2 aliphatic rings. The van der Waals surface area contributed by atoms with Crippen LogP contribution in [0.15, 0.2) is 47.0 Å². The van der Waals surface area contributed by atoms with Crippen LogP contribution in [0.5, 0.6) is 0 Å². The minimum Gasteiger partial charge on any atom is -1.00 e. The third-order valence-electron chi connectivity index (χ3n) is 3.31. The Bertz CT molecular complexity index is 752. The Morgan fingerprint density at radius 3 is 2.23 bits per heavy atom. The molecule has 0 radical (unpaired) electrons. The molecule has 0 spiro atoms. The summed E-state index contributed by atoms with van der Waals surface area (Å²) in [5, 5.41) is 0.164. The molecule has 108 valence electrons. The molecule has 1 unspecified atom stereocenters. The van der Waals surface area contributed by atoms with Crippen molar-refractivity contribution in [2.24, 2.45) is 5.92 Å². The van der Waals surface area contributed by atoms with Gasteiger partial charge < -0.3 is 30.3 Å². The van der Waals surface area contributed by atoms with Gasteiger partial charge in [-0.2, -0.15) is 4.79 Å². The number of hydrogen-bond acceptors (Lipinski definition) is 2. The van der Waals surface area contributed by atoms with Gasteiger partial charge in [-0.05, 0) is 6.08 Å². The average molecular weight is 407 g/mol. The molecule has 0 fully saturated rings. The van der Waals surface area contributed by atoms with E-state index < -0.39 is 5.92 Å². The number of nitrogens with zero attached hydrogens (tertiary/aromatic N) is 2. The first kappa shape index (κ1) is 20.9. The molecule has 4 nitrogen and oxygen atoms in total. The Balaban J connectivity index is 0.00000147. The number of carbonyl (C=O) groups is 2. The quantitative estimate of drug-likeness (QED) is 0.254. The van der Waals surface area contributed by atoms with Crippen LogP contribution < -0.4 is 24.8 Å². The number of benzene rings is 1. The number of ketones is 2. The van der Waals surface area contributed by atoms with Crippen molar-refractivity contribution in [3.05, 3.63) is 63.7 Å². The molecule has 0 saturated carbocycles. The summed E-state index contributed by atoms with van der Waals surface area (Å²) < 4.78 is 0. The third kappa shape index (κ3) is 3.01. The maximum Gasteiger partial charge on any atom is 2.00 e. The Kier molecular flexibility index (Phi) is 7.57. The number of fused-ring (bicyclic) bond motifs is 2. The molecule has 1 atom stereocenters. The largest absolute Gasteiger partial charge is 2.00 e. The van der Waals surface area contributed by atoms with Crippen molar-refractivity contribution in [2.45, 2.75) is 0 Å². The standard InChI is InChI=1S/C14H7ClN2O2.2ClH.Zn/c15-10-6-5-9-11(12(10)17-16)14(19)8-4-2-1-3-7(8)13(9)18;;;/h1-6,11H;2*1H;/q;;;+2/p-2. The first-order valence-electron chi connectivity index (χ1n) is 5.62. The molecule has 2 aliphatic carbocycles. The minimum atomic E-state index is -0.912. The molecule has 22 heavy (non-hydrogen) atoms. The number of Topliss-reactive ketones (excluding diaryl/α,β-unsaturated/α-hetero) is 2. The van der Waals surface area contributed by atoms with Gasteiger partial charge >= 0.3 is 25.2 Å². The van der Waals surface area contributed by atoms with Gasteiger partial charge in [0.25, 0.3) is 0 Å². The van der Waals surface area contributed by atoms with Crippen molar-refractivity contribution in [2.75, 3.05) is 0 Å². The van der Waals surface area contributed by atoms with Gasteiger partial charge in [-0.3, -0.25) is 9.59 Å². The maximum atomic E-state index is 12.4. The van der Waals surface area contributed by atoms with Crippen LogP contribution in [0.1, 0.15) is 20.7 Å². The summed E-state index contributed by atoms with van der Waals surface area (Å²) >= 11 is 5.90. The van der Waals surface area contributed by atoms with Crippen LogP contribution in [0.4, 0.5) is 0 Å². The van der Waals surface area contributed by atoms with E-state index in [2.05, 4.69) is 4.79 Å². The van der Waals surface area contributed by atoms with E-state index in [1.165, 1.54) is 12.2 Å². The van der Waals surface area contributed by atoms with E-state index in [-0.39, 0.29) is 66.6 Å².